The number of nitrogens with one attached hydrogen (secondary N) is 2. The van der Waals surface area contributed by atoms with Gasteiger partial charge in [-0.05, 0) is 39.2 Å². The standard InChI is InChI=1S/C19H30N2O5/c1-19(2,3)26-18(25)21-15(10-13-8-6-5-7-9-13)16(23)11-14(12-22)17(24)20-4/h5-9,14-16,22-23H,10-12H2,1-4H3,(H,20,24)(H,21,25)/t14?,15-,16+/m0/s1. The maximum Gasteiger partial charge on any atom is 0.407 e. The molecule has 0 aliphatic rings. The Hall–Kier alpha value is -2.12. The minimum Gasteiger partial charge on any atom is -0.444 e. The Bertz CT molecular complexity index is 571. The molecule has 1 rings (SSSR count). The summed E-state index contributed by atoms with van der Waals surface area (Å²) in [4.78, 5) is 23.9. The summed E-state index contributed by atoms with van der Waals surface area (Å²) in [5.74, 6) is -1.11. The number of amides is 2. The van der Waals surface area contributed by atoms with Crippen molar-refractivity contribution in [2.24, 2.45) is 5.92 Å². The molecule has 1 aromatic rings. The van der Waals surface area contributed by atoms with Crippen molar-refractivity contribution in [3.63, 3.8) is 0 Å². The molecule has 1 aromatic carbocycles. The summed E-state index contributed by atoms with van der Waals surface area (Å²) in [5, 5.41) is 25.1. The molecule has 0 bridgehead atoms. The maximum atomic E-state index is 12.1. The first kappa shape index (κ1) is 21.9. The van der Waals surface area contributed by atoms with Crippen LogP contribution in [-0.4, -0.2) is 53.6 Å². The number of carbonyl (C=O) groups excluding carboxylic acids is 2. The van der Waals surface area contributed by atoms with Gasteiger partial charge in [0, 0.05) is 7.05 Å². The smallest absolute Gasteiger partial charge is 0.407 e. The number of aliphatic hydroxyl groups is 2. The Morgan fingerprint density at radius 1 is 1.19 bits per heavy atom. The van der Waals surface area contributed by atoms with Gasteiger partial charge in [0.1, 0.15) is 5.60 Å². The monoisotopic (exact) mass is 366 g/mol. The third-order valence-electron chi connectivity index (χ3n) is 3.83. The van der Waals surface area contributed by atoms with Crippen LogP contribution < -0.4 is 10.6 Å². The zero-order valence-corrected chi connectivity index (χ0v) is 15.9. The predicted octanol–water partition coefficient (Wildman–Crippen LogP) is 1.23. The summed E-state index contributed by atoms with van der Waals surface area (Å²) in [6, 6.07) is 8.73. The highest BCUT2D eigenvalue weighted by atomic mass is 16.6. The van der Waals surface area contributed by atoms with Crippen LogP contribution in [0.25, 0.3) is 0 Å². The largest absolute Gasteiger partial charge is 0.444 e. The van der Waals surface area contributed by atoms with Crippen LogP contribution in [0.1, 0.15) is 32.8 Å². The van der Waals surface area contributed by atoms with E-state index in [2.05, 4.69) is 10.6 Å². The lowest BCUT2D eigenvalue weighted by molar-refractivity contribution is -0.127. The molecule has 146 valence electrons. The molecule has 26 heavy (non-hydrogen) atoms. The molecule has 1 unspecified atom stereocenters. The molecule has 0 saturated heterocycles. The van der Waals surface area contributed by atoms with E-state index in [1.807, 2.05) is 30.3 Å². The summed E-state index contributed by atoms with van der Waals surface area (Å²) in [6.07, 6.45) is -1.29. The third kappa shape index (κ3) is 7.84. The first-order valence-electron chi connectivity index (χ1n) is 8.70. The van der Waals surface area contributed by atoms with Gasteiger partial charge in [0.25, 0.3) is 0 Å². The SMILES string of the molecule is CNC(=O)C(CO)C[C@@H](O)[C@H](Cc1ccccc1)NC(=O)OC(C)(C)C. The number of benzene rings is 1. The van der Waals surface area contributed by atoms with Crippen molar-refractivity contribution >= 4 is 12.0 Å². The molecule has 0 fully saturated rings. The van der Waals surface area contributed by atoms with Crippen molar-refractivity contribution in [2.45, 2.75) is 51.4 Å². The normalized spacial score (nSPS) is 14.8. The number of rotatable bonds is 8. The van der Waals surface area contributed by atoms with Gasteiger partial charge >= 0.3 is 6.09 Å². The lowest BCUT2D eigenvalue weighted by Gasteiger charge is -2.28. The molecule has 7 heteroatoms. The lowest BCUT2D eigenvalue weighted by atomic mass is 9.93. The van der Waals surface area contributed by atoms with Gasteiger partial charge in [-0.3, -0.25) is 4.79 Å². The van der Waals surface area contributed by atoms with E-state index in [9.17, 15) is 19.8 Å². The lowest BCUT2D eigenvalue weighted by Crippen LogP contribution is -2.48. The first-order chi connectivity index (χ1) is 12.2. The van der Waals surface area contributed by atoms with E-state index in [1.54, 1.807) is 20.8 Å². The average molecular weight is 366 g/mol. The topological polar surface area (TPSA) is 108 Å². The third-order valence-corrected chi connectivity index (χ3v) is 3.83. The van der Waals surface area contributed by atoms with Crippen LogP contribution in [-0.2, 0) is 16.0 Å². The Balaban J connectivity index is 2.87. The Morgan fingerprint density at radius 3 is 2.31 bits per heavy atom. The van der Waals surface area contributed by atoms with E-state index in [0.29, 0.717) is 6.42 Å². The van der Waals surface area contributed by atoms with Crippen LogP contribution in [0.2, 0.25) is 0 Å². The Labute approximate surface area is 154 Å². The summed E-state index contributed by atoms with van der Waals surface area (Å²) < 4.78 is 5.27. The highest BCUT2D eigenvalue weighted by Crippen LogP contribution is 2.15. The van der Waals surface area contributed by atoms with Gasteiger partial charge in [0.2, 0.25) is 5.91 Å². The van der Waals surface area contributed by atoms with Crippen LogP contribution in [0, 0.1) is 5.92 Å². The van der Waals surface area contributed by atoms with E-state index in [0.717, 1.165) is 5.56 Å². The molecule has 3 atom stereocenters. The number of hydrogen-bond acceptors (Lipinski definition) is 5. The summed E-state index contributed by atoms with van der Waals surface area (Å²) >= 11 is 0. The van der Waals surface area contributed by atoms with E-state index in [4.69, 9.17) is 4.74 Å². The van der Waals surface area contributed by atoms with E-state index in [-0.39, 0.29) is 18.9 Å². The number of hydrogen-bond donors (Lipinski definition) is 4. The first-order valence-corrected chi connectivity index (χ1v) is 8.70. The highest BCUT2D eigenvalue weighted by Gasteiger charge is 2.29. The van der Waals surface area contributed by atoms with Gasteiger partial charge in [-0.1, -0.05) is 30.3 Å². The van der Waals surface area contributed by atoms with Gasteiger partial charge in [-0.15, -0.1) is 0 Å². The fraction of sp³-hybridized carbons (Fsp3) is 0.579. The van der Waals surface area contributed by atoms with Crippen molar-refractivity contribution in [2.75, 3.05) is 13.7 Å². The molecule has 2 amide bonds. The molecule has 0 aliphatic heterocycles. The fourth-order valence-corrected chi connectivity index (χ4v) is 2.53. The molecule has 7 nitrogen and oxygen atoms in total. The van der Waals surface area contributed by atoms with Crippen LogP contribution in [0.4, 0.5) is 4.79 Å². The van der Waals surface area contributed by atoms with Crippen LogP contribution >= 0.6 is 0 Å². The zero-order chi connectivity index (χ0) is 19.7. The van der Waals surface area contributed by atoms with Crippen molar-refractivity contribution in [1.82, 2.24) is 10.6 Å². The molecule has 0 spiro atoms. The quantitative estimate of drug-likeness (QED) is 0.553. The molecule has 0 radical (unpaired) electrons. The van der Waals surface area contributed by atoms with Gasteiger partial charge in [0.05, 0.1) is 24.7 Å². The Morgan fingerprint density at radius 2 is 1.81 bits per heavy atom. The second-order valence-electron chi connectivity index (χ2n) is 7.24. The molecular formula is C19H30N2O5. The second-order valence-corrected chi connectivity index (χ2v) is 7.24. The van der Waals surface area contributed by atoms with Gasteiger partial charge in [-0.25, -0.2) is 4.79 Å². The molecular weight excluding hydrogens is 336 g/mol. The van der Waals surface area contributed by atoms with Crippen molar-refractivity contribution in [3.8, 4) is 0 Å². The van der Waals surface area contributed by atoms with Crippen LogP contribution in [0.5, 0.6) is 0 Å². The number of ether oxygens (including phenoxy) is 1. The Kier molecular flexibility index (Phi) is 8.54. The summed E-state index contributed by atoms with van der Waals surface area (Å²) in [6.45, 7) is 4.87. The molecule has 0 aromatic heterocycles. The average Bonchev–Trinajstić information content (AvgIpc) is 2.57. The second kappa shape index (κ2) is 10.1. The maximum absolute atomic E-state index is 12.1. The zero-order valence-electron chi connectivity index (χ0n) is 15.9. The van der Waals surface area contributed by atoms with Gasteiger partial charge < -0.3 is 25.6 Å². The highest BCUT2D eigenvalue weighted by molar-refractivity contribution is 5.78. The molecule has 0 aliphatic carbocycles. The fourth-order valence-electron chi connectivity index (χ4n) is 2.53. The summed E-state index contributed by atoms with van der Waals surface area (Å²) in [5.41, 5.74) is 0.260. The van der Waals surface area contributed by atoms with Gasteiger partial charge in [-0.2, -0.15) is 0 Å². The van der Waals surface area contributed by atoms with E-state index in [1.165, 1.54) is 7.05 Å². The van der Waals surface area contributed by atoms with E-state index < -0.39 is 29.8 Å². The summed E-state index contributed by atoms with van der Waals surface area (Å²) in [7, 11) is 1.47. The molecule has 0 heterocycles. The van der Waals surface area contributed by atoms with Gasteiger partial charge in [0.15, 0.2) is 0 Å². The number of aliphatic hydroxyl groups excluding tert-OH is 2. The van der Waals surface area contributed by atoms with Crippen molar-refractivity contribution in [1.29, 1.82) is 0 Å². The number of alkyl carbamates (subject to hydrolysis) is 1. The minimum atomic E-state index is -1.03. The van der Waals surface area contributed by atoms with Crippen molar-refractivity contribution < 1.29 is 24.5 Å². The van der Waals surface area contributed by atoms with Crippen LogP contribution in [0.3, 0.4) is 0 Å². The van der Waals surface area contributed by atoms with E-state index >= 15 is 0 Å². The predicted molar refractivity (Wildman–Crippen MR) is 98.6 cm³/mol. The van der Waals surface area contributed by atoms with Crippen molar-refractivity contribution in [3.05, 3.63) is 35.9 Å². The minimum absolute atomic E-state index is 0.0173. The van der Waals surface area contributed by atoms with Crippen LogP contribution in [0.15, 0.2) is 30.3 Å². The molecule has 4 N–H and O–H groups in total. The molecule has 0 saturated carbocycles. The number of carbonyl (C=O) groups is 2.